The minimum Gasteiger partial charge on any atom is -0.481 e. The van der Waals surface area contributed by atoms with Crippen LogP contribution in [0, 0.1) is 51.8 Å². The fourth-order valence-corrected chi connectivity index (χ4v) is 11.1. The number of aldehydes is 1. The molecule has 6 aliphatic rings. The third-order valence-corrected chi connectivity index (χ3v) is 12.5. The zero-order chi connectivity index (χ0) is 27.9. The summed E-state index contributed by atoms with van der Waals surface area (Å²) in [5, 5.41) is 11.3. The van der Waals surface area contributed by atoms with Crippen LogP contribution in [0.25, 0.3) is 0 Å². The third-order valence-electron chi connectivity index (χ3n) is 12.5. The van der Waals surface area contributed by atoms with Crippen LogP contribution in [0.15, 0.2) is 11.6 Å². The first-order chi connectivity index (χ1) is 18.5. The Morgan fingerprint density at radius 3 is 2.46 bits per heavy atom. The average Bonchev–Trinajstić information content (AvgIpc) is 3.63. The summed E-state index contributed by atoms with van der Waals surface area (Å²) in [5.41, 5.74) is -1.53. The molecule has 216 valence electrons. The van der Waals surface area contributed by atoms with Crippen molar-refractivity contribution in [3.05, 3.63) is 11.6 Å². The zero-order valence-electron chi connectivity index (χ0n) is 24.5. The summed E-state index contributed by atoms with van der Waals surface area (Å²) in [6, 6.07) is 0. The van der Waals surface area contributed by atoms with Gasteiger partial charge in [0.15, 0.2) is 0 Å². The molecule has 1 amide bonds. The Bertz CT molecular complexity index is 1060. The average molecular weight is 541 g/mol. The van der Waals surface area contributed by atoms with E-state index in [0.29, 0.717) is 18.3 Å². The van der Waals surface area contributed by atoms with E-state index in [0.717, 1.165) is 76.4 Å². The number of ether oxygens (including phenoxy) is 1. The predicted octanol–water partition coefficient (Wildman–Crippen LogP) is 4.26. The lowest BCUT2D eigenvalue weighted by Crippen LogP contribution is -2.65. The smallest absolute Gasteiger partial charge is 0.315 e. The van der Waals surface area contributed by atoms with E-state index in [1.54, 1.807) is 4.90 Å². The van der Waals surface area contributed by atoms with Gasteiger partial charge in [0.25, 0.3) is 0 Å². The van der Waals surface area contributed by atoms with E-state index in [2.05, 4.69) is 31.7 Å². The molecule has 6 unspecified atom stereocenters. The number of hydrogen-bond donors (Lipinski definition) is 1. The van der Waals surface area contributed by atoms with Crippen molar-refractivity contribution in [3.8, 4) is 0 Å². The van der Waals surface area contributed by atoms with Crippen molar-refractivity contribution in [1.29, 1.82) is 0 Å². The number of rotatable bonds is 7. The monoisotopic (exact) mass is 540 g/mol. The molecule has 39 heavy (non-hydrogen) atoms. The summed E-state index contributed by atoms with van der Waals surface area (Å²) in [6.45, 7) is 9.17. The maximum atomic E-state index is 13.7. The fourth-order valence-electron chi connectivity index (χ4n) is 11.1. The number of allylic oxidation sites excluding steroid dienone is 1. The lowest BCUT2D eigenvalue weighted by atomic mass is 9.41. The summed E-state index contributed by atoms with van der Waals surface area (Å²) in [4.78, 5) is 43.6. The van der Waals surface area contributed by atoms with Crippen molar-refractivity contribution in [2.45, 2.75) is 84.3 Å². The lowest BCUT2D eigenvalue weighted by Gasteiger charge is -2.60. The Morgan fingerprint density at radius 2 is 1.85 bits per heavy atom. The van der Waals surface area contributed by atoms with E-state index in [9.17, 15) is 19.5 Å². The van der Waals surface area contributed by atoms with E-state index >= 15 is 0 Å². The van der Waals surface area contributed by atoms with Crippen LogP contribution in [0.2, 0.25) is 0 Å². The highest BCUT2D eigenvalue weighted by molar-refractivity contribution is 5.90. The summed E-state index contributed by atoms with van der Waals surface area (Å²) in [7, 11) is 3.67. The molecule has 0 aromatic heterocycles. The molecule has 0 aromatic rings. The van der Waals surface area contributed by atoms with E-state index in [1.807, 2.05) is 14.1 Å². The number of carboxylic acid groups (broad SMARTS) is 1. The van der Waals surface area contributed by atoms with Crippen LogP contribution in [0.1, 0.15) is 72.1 Å². The Morgan fingerprint density at radius 1 is 1.13 bits per heavy atom. The van der Waals surface area contributed by atoms with Gasteiger partial charge in [0.2, 0.25) is 5.91 Å². The van der Waals surface area contributed by atoms with Crippen molar-refractivity contribution in [3.63, 3.8) is 0 Å². The van der Waals surface area contributed by atoms with Gasteiger partial charge in [0.05, 0.1) is 17.6 Å². The molecule has 0 aromatic carbocycles. The lowest BCUT2D eigenvalue weighted by molar-refractivity contribution is -0.197. The number of carbonyl (C=O) groups excluding carboxylic acids is 2. The van der Waals surface area contributed by atoms with Crippen molar-refractivity contribution in [1.82, 2.24) is 9.80 Å². The second-order valence-electron chi connectivity index (χ2n) is 14.5. The standard InChI is InChI=1S/C32H48N2O5/c1-19(2)26-14-22-15-30(18-35)25-8-6-20(3)24(25)16-31(22,32(26,30)29(37)38)27-9-7-23(39-27)17-34-12-10-21(11-13-34)28(36)33(4)5/h14,18-25,27H,6-13,15-17H2,1-5H3,(H,37,38)/t20-,22?,23?,24-,25-,27?,30?,31?,32?/m1/s1. The molecule has 3 saturated carbocycles. The van der Waals surface area contributed by atoms with Crippen LogP contribution in [-0.2, 0) is 19.1 Å². The van der Waals surface area contributed by atoms with Gasteiger partial charge in [-0.15, -0.1) is 0 Å². The first kappa shape index (κ1) is 27.4. The Balaban J connectivity index is 1.28. The van der Waals surface area contributed by atoms with Crippen LogP contribution in [0.5, 0.6) is 0 Å². The van der Waals surface area contributed by atoms with Gasteiger partial charge in [-0.25, -0.2) is 0 Å². The van der Waals surface area contributed by atoms with Gasteiger partial charge >= 0.3 is 5.97 Å². The van der Waals surface area contributed by atoms with Crippen LogP contribution >= 0.6 is 0 Å². The van der Waals surface area contributed by atoms with Crippen LogP contribution in [0.3, 0.4) is 0 Å². The van der Waals surface area contributed by atoms with E-state index in [4.69, 9.17) is 4.74 Å². The molecular weight excluding hydrogens is 492 g/mol. The fraction of sp³-hybridized carbons (Fsp3) is 0.844. The molecule has 4 bridgehead atoms. The predicted molar refractivity (Wildman–Crippen MR) is 148 cm³/mol. The third kappa shape index (κ3) is 3.44. The van der Waals surface area contributed by atoms with E-state index < -0.39 is 22.2 Å². The highest BCUT2D eigenvalue weighted by Crippen LogP contribution is 2.84. The van der Waals surface area contributed by atoms with Crippen molar-refractivity contribution in [2.75, 3.05) is 33.7 Å². The highest BCUT2D eigenvalue weighted by Gasteiger charge is 2.86. The van der Waals surface area contributed by atoms with Crippen LogP contribution in [0.4, 0.5) is 0 Å². The Kier molecular flexibility index (Phi) is 6.62. The molecule has 0 spiro atoms. The first-order valence-electron chi connectivity index (χ1n) is 15.5. The minimum atomic E-state index is -1.16. The molecule has 7 heteroatoms. The molecule has 6 rings (SSSR count). The van der Waals surface area contributed by atoms with Crippen LogP contribution in [-0.4, -0.2) is 79.0 Å². The van der Waals surface area contributed by atoms with Crippen molar-refractivity contribution < 1.29 is 24.2 Å². The van der Waals surface area contributed by atoms with Gasteiger partial charge < -0.3 is 24.4 Å². The molecule has 4 aliphatic carbocycles. The number of piperidine rings is 1. The normalized spacial score (nSPS) is 45.4. The maximum Gasteiger partial charge on any atom is 0.315 e. The first-order valence-corrected chi connectivity index (χ1v) is 15.5. The Hall–Kier alpha value is -1.73. The number of likely N-dealkylation sites (tertiary alicyclic amines) is 1. The largest absolute Gasteiger partial charge is 0.481 e. The number of carboxylic acids is 1. The minimum absolute atomic E-state index is 0.0724. The topological polar surface area (TPSA) is 87.2 Å². The second-order valence-corrected chi connectivity index (χ2v) is 14.5. The molecular formula is C32H48N2O5. The molecule has 0 radical (unpaired) electrons. The quantitative estimate of drug-likeness (QED) is 0.384. The number of amides is 1. The number of nitrogens with zero attached hydrogens (tertiary/aromatic N) is 2. The molecule has 5 fully saturated rings. The van der Waals surface area contributed by atoms with E-state index in [1.165, 1.54) is 0 Å². The highest BCUT2D eigenvalue weighted by atomic mass is 16.5. The van der Waals surface area contributed by atoms with Crippen molar-refractivity contribution in [2.24, 2.45) is 51.8 Å². The molecule has 2 heterocycles. The zero-order valence-corrected chi connectivity index (χ0v) is 24.5. The van der Waals surface area contributed by atoms with Gasteiger partial charge in [-0.1, -0.05) is 38.8 Å². The summed E-state index contributed by atoms with van der Waals surface area (Å²) >= 11 is 0. The van der Waals surface area contributed by atoms with Gasteiger partial charge in [-0.2, -0.15) is 0 Å². The number of fused-ring (bicyclic) bond motifs is 2. The summed E-state index contributed by atoms with van der Waals surface area (Å²) in [5.74, 6) is 0.793. The van der Waals surface area contributed by atoms with Gasteiger partial charge in [-0.3, -0.25) is 9.59 Å². The molecule has 9 atom stereocenters. The van der Waals surface area contributed by atoms with Gasteiger partial charge in [0.1, 0.15) is 11.7 Å². The summed E-state index contributed by atoms with van der Waals surface area (Å²) in [6.07, 6.45) is 10.5. The van der Waals surface area contributed by atoms with Gasteiger partial charge in [-0.05, 0) is 87.6 Å². The SMILES string of the molecule is CC(C)C1=CC2CC3(C=O)[C@@H]4CC[C@@H](C)[C@H]4CC2(C2CCC(CN4CCC(C(=O)N(C)C)CC4)O2)C13C(=O)O. The number of carbonyl (C=O) groups is 3. The molecule has 1 N–H and O–H groups in total. The van der Waals surface area contributed by atoms with Crippen molar-refractivity contribution >= 4 is 18.2 Å². The molecule has 2 saturated heterocycles. The second kappa shape index (κ2) is 9.40. The van der Waals surface area contributed by atoms with Crippen LogP contribution < -0.4 is 0 Å². The molecule has 7 nitrogen and oxygen atoms in total. The van der Waals surface area contributed by atoms with E-state index in [-0.39, 0.29) is 41.8 Å². The summed E-state index contributed by atoms with van der Waals surface area (Å²) < 4.78 is 6.97. The van der Waals surface area contributed by atoms with Gasteiger partial charge in [0, 0.05) is 32.0 Å². The maximum absolute atomic E-state index is 13.7. The number of aliphatic carboxylic acids is 1. The molecule has 2 aliphatic heterocycles. The number of hydrogen-bond acceptors (Lipinski definition) is 5. The Labute approximate surface area is 233 Å².